The molecule has 2 amide bonds. The molecule has 0 radical (unpaired) electrons. The summed E-state index contributed by atoms with van der Waals surface area (Å²) in [6.45, 7) is 4.58. The molecule has 3 aromatic rings. The van der Waals surface area contributed by atoms with E-state index < -0.39 is 0 Å². The van der Waals surface area contributed by atoms with E-state index in [1.54, 1.807) is 16.7 Å². The van der Waals surface area contributed by atoms with Crippen molar-refractivity contribution in [2.45, 2.75) is 13.5 Å². The highest BCUT2D eigenvalue weighted by molar-refractivity contribution is 5.99. The van der Waals surface area contributed by atoms with Gasteiger partial charge in [0.15, 0.2) is 0 Å². The Morgan fingerprint density at radius 1 is 0.882 bits per heavy atom. The summed E-state index contributed by atoms with van der Waals surface area (Å²) >= 11 is 0. The first-order valence-electron chi connectivity index (χ1n) is 11.6. The van der Waals surface area contributed by atoms with Gasteiger partial charge in [0.1, 0.15) is 5.82 Å². The van der Waals surface area contributed by atoms with Gasteiger partial charge in [0.05, 0.1) is 17.9 Å². The lowest BCUT2D eigenvalue weighted by atomic mass is 10.1. The smallest absolute Gasteiger partial charge is 0.409 e. The topological polar surface area (TPSA) is 66.0 Å². The van der Waals surface area contributed by atoms with E-state index in [-0.39, 0.29) is 12.0 Å². The number of hydrogen-bond donors (Lipinski definition) is 0. The first-order chi connectivity index (χ1) is 16.6. The standard InChI is InChI=1S/C27H30N4O3/c1-3-34-27(33)31-18-16-30(17-19-31)26(32)23-14-15-24(22-12-8-5-9-13-22)28-25(23)29(2)20-21-10-6-4-7-11-21/h4-15H,3,16-20H2,1-2H3. The molecule has 2 heterocycles. The molecule has 0 N–H and O–H groups in total. The molecule has 4 rings (SSSR count). The van der Waals surface area contributed by atoms with Crippen molar-refractivity contribution in [3.05, 3.63) is 83.9 Å². The Labute approximate surface area is 200 Å². The van der Waals surface area contributed by atoms with Crippen LogP contribution in [0.15, 0.2) is 72.8 Å². The Balaban J connectivity index is 1.59. The maximum Gasteiger partial charge on any atom is 0.409 e. The van der Waals surface area contributed by atoms with Crippen LogP contribution in [0.3, 0.4) is 0 Å². The maximum absolute atomic E-state index is 13.6. The van der Waals surface area contributed by atoms with Crippen molar-refractivity contribution in [3.63, 3.8) is 0 Å². The number of amides is 2. The minimum Gasteiger partial charge on any atom is -0.450 e. The molecule has 7 nitrogen and oxygen atoms in total. The molecular weight excluding hydrogens is 428 g/mol. The minimum absolute atomic E-state index is 0.0782. The van der Waals surface area contributed by atoms with Gasteiger partial charge in [-0.25, -0.2) is 9.78 Å². The molecule has 0 atom stereocenters. The Hall–Kier alpha value is -3.87. The fourth-order valence-corrected chi connectivity index (χ4v) is 4.09. The SMILES string of the molecule is CCOC(=O)N1CCN(C(=O)c2ccc(-c3ccccc3)nc2N(C)Cc2ccccc2)CC1. The number of ether oxygens (including phenoxy) is 1. The summed E-state index contributed by atoms with van der Waals surface area (Å²) in [5, 5.41) is 0. The fraction of sp³-hybridized carbons (Fsp3) is 0.296. The summed E-state index contributed by atoms with van der Waals surface area (Å²) < 4.78 is 5.09. The molecule has 1 aliphatic rings. The number of rotatable bonds is 6. The Kier molecular flexibility index (Phi) is 7.42. The van der Waals surface area contributed by atoms with E-state index in [2.05, 4.69) is 12.1 Å². The first kappa shape index (κ1) is 23.3. The van der Waals surface area contributed by atoms with Crippen LogP contribution < -0.4 is 4.90 Å². The van der Waals surface area contributed by atoms with Gasteiger partial charge < -0.3 is 19.4 Å². The molecule has 0 aliphatic carbocycles. The predicted molar refractivity (Wildman–Crippen MR) is 133 cm³/mol. The molecule has 0 spiro atoms. The molecule has 1 aliphatic heterocycles. The second kappa shape index (κ2) is 10.8. The molecule has 1 aromatic heterocycles. The number of piperazine rings is 1. The molecule has 0 saturated carbocycles. The molecule has 176 valence electrons. The van der Waals surface area contributed by atoms with Crippen LogP contribution in [-0.4, -0.2) is 66.6 Å². The number of anilines is 1. The summed E-state index contributed by atoms with van der Waals surface area (Å²) in [7, 11) is 1.96. The van der Waals surface area contributed by atoms with Crippen molar-refractivity contribution in [1.29, 1.82) is 0 Å². The van der Waals surface area contributed by atoms with Gasteiger partial charge in [-0.15, -0.1) is 0 Å². The van der Waals surface area contributed by atoms with Gasteiger partial charge in [0.25, 0.3) is 5.91 Å². The van der Waals surface area contributed by atoms with Gasteiger partial charge in [0, 0.05) is 45.3 Å². The van der Waals surface area contributed by atoms with E-state index >= 15 is 0 Å². The highest BCUT2D eigenvalue weighted by Gasteiger charge is 2.28. The highest BCUT2D eigenvalue weighted by atomic mass is 16.6. The average molecular weight is 459 g/mol. The molecule has 7 heteroatoms. The van der Waals surface area contributed by atoms with Gasteiger partial charge in [-0.05, 0) is 24.6 Å². The normalized spacial score (nSPS) is 13.5. The van der Waals surface area contributed by atoms with E-state index in [0.29, 0.717) is 50.7 Å². The summed E-state index contributed by atoms with van der Waals surface area (Å²) in [4.78, 5) is 35.9. The number of aromatic nitrogens is 1. The van der Waals surface area contributed by atoms with E-state index in [4.69, 9.17) is 9.72 Å². The second-order valence-corrected chi connectivity index (χ2v) is 8.25. The van der Waals surface area contributed by atoms with Gasteiger partial charge in [-0.1, -0.05) is 60.7 Å². The zero-order valence-corrected chi connectivity index (χ0v) is 19.7. The van der Waals surface area contributed by atoms with Gasteiger partial charge in [-0.2, -0.15) is 0 Å². The van der Waals surface area contributed by atoms with E-state index in [0.717, 1.165) is 16.8 Å². The van der Waals surface area contributed by atoms with E-state index in [1.165, 1.54) is 0 Å². The number of carbonyl (C=O) groups excluding carboxylic acids is 2. The second-order valence-electron chi connectivity index (χ2n) is 8.25. The van der Waals surface area contributed by atoms with Crippen molar-refractivity contribution >= 4 is 17.8 Å². The summed E-state index contributed by atoms with van der Waals surface area (Å²) in [5.41, 5.74) is 3.51. The van der Waals surface area contributed by atoms with E-state index in [1.807, 2.05) is 72.6 Å². The summed E-state index contributed by atoms with van der Waals surface area (Å²) in [6.07, 6.45) is -0.327. The van der Waals surface area contributed by atoms with Crippen LogP contribution in [0.4, 0.5) is 10.6 Å². The van der Waals surface area contributed by atoms with Crippen LogP contribution in [0.2, 0.25) is 0 Å². The van der Waals surface area contributed by atoms with Crippen molar-refractivity contribution in [2.24, 2.45) is 0 Å². The zero-order chi connectivity index (χ0) is 23.9. The Morgan fingerprint density at radius 2 is 1.50 bits per heavy atom. The highest BCUT2D eigenvalue weighted by Crippen LogP contribution is 2.26. The van der Waals surface area contributed by atoms with Crippen LogP contribution >= 0.6 is 0 Å². The number of pyridine rings is 1. The quantitative estimate of drug-likeness (QED) is 0.551. The molecule has 0 unspecified atom stereocenters. The lowest BCUT2D eigenvalue weighted by molar-refractivity contribution is 0.0570. The summed E-state index contributed by atoms with van der Waals surface area (Å²) in [6, 6.07) is 23.9. The minimum atomic E-state index is -0.327. The van der Waals surface area contributed by atoms with Gasteiger partial charge in [-0.3, -0.25) is 4.79 Å². The third-order valence-electron chi connectivity index (χ3n) is 5.89. The number of hydrogen-bond acceptors (Lipinski definition) is 5. The van der Waals surface area contributed by atoms with Crippen molar-refractivity contribution in [1.82, 2.24) is 14.8 Å². The van der Waals surface area contributed by atoms with Crippen LogP contribution in [0.5, 0.6) is 0 Å². The number of nitrogens with zero attached hydrogens (tertiary/aromatic N) is 4. The average Bonchev–Trinajstić information content (AvgIpc) is 2.89. The molecule has 34 heavy (non-hydrogen) atoms. The largest absolute Gasteiger partial charge is 0.450 e. The third-order valence-corrected chi connectivity index (χ3v) is 5.89. The van der Waals surface area contributed by atoms with Gasteiger partial charge in [0.2, 0.25) is 0 Å². The Morgan fingerprint density at radius 3 is 2.15 bits per heavy atom. The molecule has 0 bridgehead atoms. The molecule has 1 fully saturated rings. The lowest BCUT2D eigenvalue weighted by Crippen LogP contribution is -2.50. The predicted octanol–water partition coefficient (Wildman–Crippen LogP) is 4.30. The monoisotopic (exact) mass is 458 g/mol. The van der Waals surface area contributed by atoms with Crippen molar-refractivity contribution in [3.8, 4) is 11.3 Å². The zero-order valence-electron chi connectivity index (χ0n) is 19.7. The Bertz CT molecular complexity index is 1110. The third kappa shape index (κ3) is 5.36. The van der Waals surface area contributed by atoms with Crippen LogP contribution in [0.1, 0.15) is 22.8 Å². The molecule has 1 saturated heterocycles. The van der Waals surface area contributed by atoms with Crippen molar-refractivity contribution < 1.29 is 14.3 Å². The summed E-state index contributed by atoms with van der Waals surface area (Å²) in [5.74, 6) is 0.563. The van der Waals surface area contributed by atoms with Gasteiger partial charge >= 0.3 is 6.09 Å². The number of carbonyl (C=O) groups is 2. The lowest BCUT2D eigenvalue weighted by Gasteiger charge is -2.34. The van der Waals surface area contributed by atoms with Crippen LogP contribution in [-0.2, 0) is 11.3 Å². The number of benzene rings is 2. The molecule has 2 aromatic carbocycles. The van der Waals surface area contributed by atoms with Crippen LogP contribution in [0.25, 0.3) is 11.3 Å². The molecular formula is C27H30N4O3. The first-order valence-corrected chi connectivity index (χ1v) is 11.6. The van der Waals surface area contributed by atoms with Crippen LogP contribution in [0, 0.1) is 0 Å². The van der Waals surface area contributed by atoms with Crippen molar-refractivity contribution in [2.75, 3.05) is 44.7 Å². The fourth-order valence-electron chi connectivity index (χ4n) is 4.09. The maximum atomic E-state index is 13.6. The van der Waals surface area contributed by atoms with E-state index in [9.17, 15) is 9.59 Å².